The normalized spacial score (nSPS) is 13.5. The fourth-order valence-corrected chi connectivity index (χ4v) is 0.967. The quantitative estimate of drug-likeness (QED) is 0.568. The van der Waals surface area contributed by atoms with Crippen LogP contribution in [0, 0.1) is 0 Å². The molecule has 0 fully saturated rings. The average Bonchev–Trinajstić information content (AvgIpc) is 2.12. The third-order valence-corrected chi connectivity index (χ3v) is 2.11. The Morgan fingerprint density at radius 2 is 1.75 bits per heavy atom. The van der Waals surface area contributed by atoms with Gasteiger partial charge < -0.3 is 4.74 Å². The van der Waals surface area contributed by atoms with E-state index in [1.165, 1.54) is 6.92 Å². The topological polar surface area (TPSA) is 52.6 Å². The maximum atomic E-state index is 12.2. The molecular formula is C6H7F5O4P+. The first kappa shape index (κ1) is 15.2. The van der Waals surface area contributed by atoms with E-state index < -0.39 is 32.4 Å². The molecule has 94 valence electrons. The first-order valence-corrected chi connectivity index (χ1v) is 5.01. The number of ether oxygens (including phenoxy) is 1. The molecule has 0 rings (SSSR count). The van der Waals surface area contributed by atoms with Gasteiger partial charge in [0, 0.05) is 0 Å². The smallest absolute Gasteiger partial charge is 0.418 e. The molecule has 0 aromatic carbocycles. The van der Waals surface area contributed by atoms with Crippen LogP contribution in [-0.4, -0.2) is 31.0 Å². The van der Waals surface area contributed by atoms with E-state index in [0.29, 0.717) is 0 Å². The van der Waals surface area contributed by atoms with Gasteiger partial charge in [-0.05, 0) is 11.5 Å². The Kier molecular flexibility index (Phi) is 5.21. The summed E-state index contributed by atoms with van der Waals surface area (Å²) in [5.41, 5.74) is -1.75. The van der Waals surface area contributed by atoms with Gasteiger partial charge in [-0.25, -0.2) is 0 Å². The summed E-state index contributed by atoms with van der Waals surface area (Å²) in [7, 11) is -3.04. The predicted octanol–water partition coefficient (Wildman–Crippen LogP) is 3.10. The van der Waals surface area contributed by atoms with Crippen molar-refractivity contribution in [3.63, 3.8) is 0 Å². The van der Waals surface area contributed by atoms with E-state index in [9.17, 15) is 31.3 Å². The van der Waals surface area contributed by atoms with Crippen LogP contribution in [0.5, 0.6) is 0 Å². The van der Waals surface area contributed by atoms with E-state index in [-0.39, 0.29) is 6.61 Å². The molecule has 4 nitrogen and oxygen atoms in total. The molecule has 1 atom stereocenters. The molecule has 1 unspecified atom stereocenters. The van der Waals surface area contributed by atoms with E-state index in [1.54, 1.807) is 0 Å². The lowest BCUT2D eigenvalue weighted by molar-refractivity contribution is -0.291. The van der Waals surface area contributed by atoms with E-state index in [1.807, 2.05) is 0 Å². The Morgan fingerprint density at radius 3 is 2.12 bits per heavy atom. The molecule has 0 aliphatic carbocycles. The molecule has 0 saturated carbocycles. The molecule has 0 spiro atoms. The van der Waals surface area contributed by atoms with E-state index in [0.717, 1.165) is 0 Å². The zero-order valence-electron chi connectivity index (χ0n) is 7.88. The average molecular weight is 269 g/mol. The molecule has 0 aliphatic rings. The van der Waals surface area contributed by atoms with Gasteiger partial charge in [0.1, 0.15) is 6.61 Å². The monoisotopic (exact) mass is 269 g/mol. The molecule has 0 saturated heterocycles. The third kappa shape index (κ3) is 4.36. The number of halogens is 5. The second kappa shape index (κ2) is 5.49. The van der Waals surface area contributed by atoms with Crippen molar-refractivity contribution in [2.75, 3.05) is 13.2 Å². The van der Waals surface area contributed by atoms with Crippen LogP contribution in [0.2, 0.25) is 0 Å². The van der Waals surface area contributed by atoms with Gasteiger partial charge in [-0.3, -0.25) is 0 Å². The van der Waals surface area contributed by atoms with Gasteiger partial charge in [0.25, 0.3) is 0 Å². The van der Waals surface area contributed by atoms with E-state index in [4.69, 9.17) is 0 Å². The lowest BCUT2D eigenvalue weighted by Gasteiger charge is -2.17. The molecule has 0 aliphatic heterocycles. The van der Waals surface area contributed by atoms with E-state index in [2.05, 4.69) is 9.26 Å². The summed E-state index contributed by atoms with van der Waals surface area (Å²) in [6.07, 6.45) is -5.83. The highest BCUT2D eigenvalue weighted by Gasteiger charge is 2.59. The minimum atomic E-state index is -5.83. The van der Waals surface area contributed by atoms with Crippen LogP contribution in [0.3, 0.4) is 0 Å². The molecule has 0 aromatic heterocycles. The summed E-state index contributed by atoms with van der Waals surface area (Å²) in [6.45, 7) is -1.03. The Morgan fingerprint density at radius 1 is 1.25 bits per heavy atom. The standard InChI is InChI=1S/C6H7F5O4P/c1-2-15-16(13)4(12)14-3-5(7,8)6(9,10)11/h2-3H2,1H3/q+1. The van der Waals surface area contributed by atoms with Gasteiger partial charge in [0.05, 0.1) is 0 Å². The summed E-state index contributed by atoms with van der Waals surface area (Å²) in [5, 5.41) is 0. The largest absolute Gasteiger partial charge is 0.636 e. The molecular weight excluding hydrogens is 262 g/mol. The minimum Gasteiger partial charge on any atom is -0.418 e. The van der Waals surface area contributed by atoms with Gasteiger partial charge in [-0.2, -0.15) is 26.7 Å². The van der Waals surface area contributed by atoms with Crippen molar-refractivity contribution in [1.82, 2.24) is 0 Å². The molecule has 16 heavy (non-hydrogen) atoms. The number of hydrogen-bond donors (Lipinski definition) is 0. The Labute approximate surface area is 87.6 Å². The van der Waals surface area contributed by atoms with Gasteiger partial charge in [-0.15, -0.1) is 4.52 Å². The van der Waals surface area contributed by atoms with Crippen LogP contribution in [0.25, 0.3) is 0 Å². The van der Waals surface area contributed by atoms with Crippen molar-refractivity contribution in [1.29, 1.82) is 0 Å². The van der Waals surface area contributed by atoms with Crippen molar-refractivity contribution in [2.24, 2.45) is 0 Å². The van der Waals surface area contributed by atoms with Crippen LogP contribution >= 0.6 is 8.03 Å². The van der Waals surface area contributed by atoms with Crippen molar-refractivity contribution in [3.8, 4) is 0 Å². The molecule has 0 amide bonds. The lowest BCUT2D eigenvalue weighted by Crippen LogP contribution is -2.41. The third-order valence-electron chi connectivity index (χ3n) is 1.19. The molecule has 0 radical (unpaired) electrons. The van der Waals surface area contributed by atoms with Crippen molar-refractivity contribution in [3.05, 3.63) is 0 Å². The molecule has 0 aromatic rings. The van der Waals surface area contributed by atoms with Crippen LogP contribution in [0.15, 0.2) is 0 Å². The summed E-state index contributed by atoms with van der Waals surface area (Å²) >= 11 is 0. The fraction of sp³-hybridized carbons (Fsp3) is 0.833. The Bertz CT molecular complexity index is 277. The second-order valence-corrected chi connectivity index (χ2v) is 3.57. The maximum Gasteiger partial charge on any atom is 0.636 e. The summed E-state index contributed by atoms with van der Waals surface area (Å²) < 4.78 is 77.5. The summed E-state index contributed by atoms with van der Waals surface area (Å²) in [4.78, 5) is 10.6. The van der Waals surface area contributed by atoms with Gasteiger partial charge in [0.15, 0.2) is 6.61 Å². The predicted molar refractivity (Wildman–Crippen MR) is 41.6 cm³/mol. The van der Waals surface area contributed by atoms with Crippen molar-refractivity contribution in [2.45, 2.75) is 19.0 Å². The highest BCUT2D eigenvalue weighted by atomic mass is 31.1. The second-order valence-electron chi connectivity index (χ2n) is 2.43. The van der Waals surface area contributed by atoms with Crippen LogP contribution in [0.1, 0.15) is 6.92 Å². The number of alkyl halides is 5. The van der Waals surface area contributed by atoms with Crippen LogP contribution < -0.4 is 0 Å². The van der Waals surface area contributed by atoms with Crippen molar-refractivity contribution < 1.29 is 40.6 Å². The summed E-state index contributed by atoms with van der Waals surface area (Å²) in [6, 6.07) is 0. The highest BCUT2D eigenvalue weighted by molar-refractivity contribution is 7.58. The molecule has 0 heterocycles. The first-order valence-electron chi connectivity index (χ1n) is 3.83. The number of carbonyl (C=O) groups is 1. The van der Waals surface area contributed by atoms with Gasteiger partial charge in [-0.1, -0.05) is 0 Å². The first-order chi connectivity index (χ1) is 7.12. The lowest BCUT2D eigenvalue weighted by atomic mass is 10.3. The Hall–Kier alpha value is -0.820. The molecule has 0 N–H and O–H groups in total. The van der Waals surface area contributed by atoms with Gasteiger partial charge in [0.2, 0.25) is 0 Å². The fourth-order valence-electron chi connectivity index (χ4n) is 0.457. The SMILES string of the molecule is CCO[P+](=O)C(=O)OCC(F)(F)C(F)(F)F. The zero-order valence-corrected chi connectivity index (χ0v) is 8.78. The van der Waals surface area contributed by atoms with Crippen LogP contribution in [0.4, 0.5) is 26.7 Å². The van der Waals surface area contributed by atoms with Crippen molar-refractivity contribution >= 4 is 13.7 Å². The Balaban J connectivity index is 4.26. The molecule has 0 bridgehead atoms. The van der Waals surface area contributed by atoms with E-state index >= 15 is 0 Å². The highest BCUT2D eigenvalue weighted by Crippen LogP contribution is 2.36. The van der Waals surface area contributed by atoms with Crippen LogP contribution in [-0.2, 0) is 13.8 Å². The molecule has 10 heteroatoms. The zero-order chi connectivity index (χ0) is 13.0. The number of rotatable bonds is 5. The summed E-state index contributed by atoms with van der Waals surface area (Å²) in [5.74, 6) is -5.18. The minimum absolute atomic E-state index is 0.167. The number of carbonyl (C=O) groups excluding carboxylic acids is 1. The maximum absolute atomic E-state index is 12.2. The number of hydrogen-bond acceptors (Lipinski definition) is 4. The van der Waals surface area contributed by atoms with Gasteiger partial charge >= 0.3 is 25.8 Å².